The van der Waals surface area contributed by atoms with E-state index in [4.69, 9.17) is 32.4 Å². The highest BCUT2D eigenvalue weighted by Crippen LogP contribution is 2.31. The van der Waals surface area contributed by atoms with Crippen LogP contribution >= 0.6 is 23.2 Å². The van der Waals surface area contributed by atoms with E-state index in [0.29, 0.717) is 27.3 Å². The third-order valence-corrected chi connectivity index (χ3v) is 3.87. The number of ether oxygens (including phenoxy) is 1. The SMILES string of the molecule is O=C(COc1ccccc1)N/N=C\c1ccc(-c2ccc(Cl)cc2Cl)o1. The van der Waals surface area contributed by atoms with E-state index in [1.54, 1.807) is 42.5 Å². The van der Waals surface area contributed by atoms with Gasteiger partial charge in [0.05, 0.1) is 11.2 Å². The minimum absolute atomic E-state index is 0.134. The zero-order valence-corrected chi connectivity index (χ0v) is 15.0. The Morgan fingerprint density at radius 2 is 1.92 bits per heavy atom. The summed E-state index contributed by atoms with van der Waals surface area (Å²) < 4.78 is 11.0. The van der Waals surface area contributed by atoms with Gasteiger partial charge in [-0.1, -0.05) is 41.4 Å². The van der Waals surface area contributed by atoms with E-state index in [2.05, 4.69) is 10.5 Å². The van der Waals surface area contributed by atoms with Crippen LogP contribution in [0.1, 0.15) is 5.76 Å². The van der Waals surface area contributed by atoms with Crippen molar-refractivity contribution >= 4 is 35.3 Å². The fourth-order valence-electron chi connectivity index (χ4n) is 2.12. The number of rotatable bonds is 6. The zero-order chi connectivity index (χ0) is 18.4. The van der Waals surface area contributed by atoms with Crippen molar-refractivity contribution in [1.82, 2.24) is 5.43 Å². The molecule has 2 aromatic carbocycles. The largest absolute Gasteiger partial charge is 0.484 e. The number of benzene rings is 2. The highest BCUT2D eigenvalue weighted by Gasteiger charge is 2.08. The molecular formula is C19H14Cl2N2O3. The molecule has 0 spiro atoms. The molecule has 0 atom stereocenters. The Hall–Kier alpha value is -2.76. The van der Waals surface area contributed by atoms with E-state index >= 15 is 0 Å². The smallest absolute Gasteiger partial charge is 0.277 e. The molecule has 0 saturated heterocycles. The summed E-state index contributed by atoms with van der Waals surface area (Å²) in [5.41, 5.74) is 3.09. The molecule has 132 valence electrons. The molecule has 0 radical (unpaired) electrons. The standard InChI is InChI=1S/C19H14Cl2N2O3/c20-13-6-8-16(17(21)10-13)18-9-7-15(26-18)11-22-23-19(24)12-25-14-4-2-1-3-5-14/h1-11H,12H2,(H,23,24)/b22-11-. The molecule has 3 aromatic rings. The number of hydrogen-bond donors (Lipinski definition) is 1. The van der Waals surface area contributed by atoms with Crippen molar-refractivity contribution in [3.63, 3.8) is 0 Å². The second-order valence-corrected chi connectivity index (χ2v) is 6.06. The topological polar surface area (TPSA) is 63.8 Å². The molecule has 0 saturated carbocycles. The van der Waals surface area contributed by atoms with Crippen LogP contribution in [-0.2, 0) is 4.79 Å². The molecule has 1 N–H and O–H groups in total. The summed E-state index contributed by atoms with van der Waals surface area (Å²) in [5, 5.41) is 4.88. The lowest BCUT2D eigenvalue weighted by Gasteiger charge is -2.03. The van der Waals surface area contributed by atoms with Crippen molar-refractivity contribution in [3.8, 4) is 17.1 Å². The summed E-state index contributed by atoms with van der Waals surface area (Å²) >= 11 is 12.0. The molecule has 1 heterocycles. The third kappa shape index (κ3) is 4.88. The maximum Gasteiger partial charge on any atom is 0.277 e. The first-order valence-corrected chi connectivity index (χ1v) is 8.42. The molecule has 0 unspecified atom stereocenters. The quantitative estimate of drug-likeness (QED) is 0.487. The van der Waals surface area contributed by atoms with E-state index in [9.17, 15) is 4.79 Å². The van der Waals surface area contributed by atoms with Gasteiger partial charge in [0.1, 0.15) is 17.3 Å². The van der Waals surface area contributed by atoms with E-state index in [-0.39, 0.29) is 12.5 Å². The maximum absolute atomic E-state index is 11.7. The Labute approximate surface area is 160 Å². The second kappa shape index (κ2) is 8.56. The summed E-state index contributed by atoms with van der Waals surface area (Å²) in [6.45, 7) is -0.134. The maximum atomic E-state index is 11.7. The molecule has 3 rings (SSSR count). The van der Waals surface area contributed by atoms with Crippen molar-refractivity contribution in [3.05, 3.63) is 76.5 Å². The minimum Gasteiger partial charge on any atom is -0.484 e. The zero-order valence-electron chi connectivity index (χ0n) is 13.5. The van der Waals surface area contributed by atoms with Crippen LogP contribution in [0.3, 0.4) is 0 Å². The highest BCUT2D eigenvalue weighted by atomic mass is 35.5. The Kier molecular flexibility index (Phi) is 5.94. The van der Waals surface area contributed by atoms with Crippen molar-refractivity contribution in [1.29, 1.82) is 0 Å². The van der Waals surface area contributed by atoms with Crippen molar-refractivity contribution in [2.75, 3.05) is 6.61 Å². The van der Waals surface area contributed by atoms with Crippen LogP contribution in [-0.4, -0.2) is 18.7 Å². The van der Waals surface area contributed by atoms with Crippen molar-refractivity contribution in [2.45, 2.75) is 0 Å². The van der Waals surface area contributed by atoms with Gasteiger partial charge in [-0.25, -0.2) is 5.43 Å². The Balaban J connectivity index is 1.54. The predicted molar refractivity (Wildman–Crippen MR) is 102 cm³/mol. The number of carbonyl (C=O) groups excluding carboxylic acids is 1. The van der Waals surface area contributed by atoms with Gasteiger partial charge in [0, 0.05) is 10.6 Å². The average molecular weight is 389 g/mol. The summed E-state index contributed by atoms with van der Waals surface area (Å²) in [7, 11) is 0. The highest BCUT2D eigenvalue weighted by molar-refractivity contribution is 6.36. The number of carbonyl (C=O) groups is 1. The van der Waals surface area contributed by atoms with Crippen LogP contribution in [0.5, 0.6) is 5.75 Å². The van der Waals surface area contributed by atoms with Gasteiger partial charge in [0.2, 0.25) is 0 Å². The van der Waals surface area contributed by atoms with Crippen LogP contribution < -0.4 is 10.2 Å². The number of furan rings is 1. The molecule has 0 aliphatic heterocycles. The number of amides is 1. The first-order chi connectivity index (χ1) is 12.6. The van der Waals surface area contributed by atoms with Crippen LogP contribution in [0.25, 0.3) is 11.3 Å². The molecule has 0 fully saturated rings. The Morgan fingerprint density at radius 3 is 2.69 bits per heavy atom. The van der Waals surface area contributed by atoms with Gasteiger partial charge in [0.25, 0.3) is 5.91 Å². The molecule has 5 nitrogen and oxygen atoms in total. The van der Waals surface area contributed by atoms with Crippen molar-refractivity contribution < 1.29 is 13.9 Å². The first-order valence-electron chi connectivity index (χ1n) is 7.67. The third-order valence-electron chi connectivity index (χ3n) is 3.32. The number of nitrogens with one attached hydrogen (secondary N) is 1. The first kappa shape index (κ1) is 18.0. The number of halogens is 2. The summed E-state index contributed by atoms with van der Waals surface area (Å²) in [6, 6.07) is 17.7. The van der Waals surface area contributed by atoms with E-state index in [0.717, 1.165) is 5.56 Å². The van der Waals surface area contributed by atoms with Gasteiger partial charge in [-0.3, -0.25) is 4.79 Å². The van der Waals surface area contributed by atoms with Crippen LogP contribution in [0.2, 0.25) is 10.0 Å². The van der Waals surface area contributed by atoms with Gasteiger partial charge in [0.15, 0.2) is 6.61 Å². The molecule has 0 aliphatic rings. The predicted octanol–water partition coefficient (Wildman–Crippen LogP) is 4.78. The van der Waals surface area contributed by atoms with Crippen molar-refractivity contribution in [2.24, 2.45) is 5.10 Å². The number of hydrogen-bond acceptors (Lipinski definition) is 4. The molecule has 0 bridgehead atoms. The monoisotopic (exact) mass is 388 g/mol. The van der Waals surface area contributed by atoms with Crippen LogP contribution in [0.4, 0.5) is 0 Å². The van der Waals surface area contributed by atoms with E-state index < -0.39 is 0 Å². The summed E-state index contributed by atoms with van der Waals surface area (Å²) in [4.78, 5) is 11.7. The summed E-state index contributed by atoms with van der Waals surface area (Å²) in [5.74, 6) is 1.28. The number of para-hydroxylation sites is 1. The number of hydrazone groups is 1. The molecule has 7 heteroatoms. The fraction of sp³-hybridized carbons (Fsp3) is 0.0526. The molecule has 26 heavy (non-hydrogen) atoms. The molecular weight excluding hydrogens is 375 g/mol. The normalized spacial score (nSPS) is 10.8. The van der Waals surface area contributed by atoms with Gasteiger partial charge in [-0.15, -0.1) is 0 Å². The van der Waals surface area contributed by atoms with E-state index in [1.165, 1.54) is 6.21 Å². The lowest BCUT2D eigenvalue weighted by atomic mass is 10.2. The fourth-order valence-corrected chi connectivity index (χ4v) is 2.62. The van der Waals surface area contributed by atoms with Gasteiger partial charge in [-0.2, -0.15) is 5.10 Å². The average Bonchev–Trinajstić information content (AvgIpc) is 3.09. The molecule has 1 aromatic heterocycles. The van der Waals surface area contributed by atoms with Gasteiger partial charge >= 0.3 is 0 Å². The number of nitrogens with zero attached hydrogens (tertiary/aromatic N) is 1. The second-order valence-electron chi connectivity index (χ2n) is 5.22. The minimum atomic E-state index is -0.377. The van der Waals surface area contributed by atoms with Gasteiger partial charge < -0.3 is 9.15 Å². The van der Waals surface area contributed by atoms with E-state index in [1.807, 2.05) is 18.2 Å². The molecule has 0 aliphatic carbocycles. The van der Waals surface area contributed by atoms with Crippen LogP contribution in [0, 0.1) is 0 Å². The van der Waals surface area contributed by atoms with Gasteiger partial charge in [-0.05, 0) is 42.5 Å². The Morgan fingerprint density at radius 1 is 1.12 bits per heavy atom. The summed E-state index contributed by atoms with van der Waals surface area (Å²) in [6.07, 6.45) is 1.40. The molecule has 1 amide bonds. The lowest BCUT2D eigenvalue weighted by molar-refractivity contribution is -0.123. The van der Waals surface area contributed by atoms with Crippen LogP contribution in [0.15, 0.2) is 70.2 Å². The Bertz CT molecular complexity index is 924. The lowest BCUT2D eigenvalue weighted by Crippen LogP contribution is -2.24.